The van der Waals surface area contributed by atoms with Gasteiger partial charge < -0.3 is 9.32 Å². The molecule has 0 fully saturated rings. The van der Waals surface area contributed by atoms with Gasteiger partial charge in [-0.25, -0.2) is 0 Å². The lowest BCUT2D eigenvalue weighted by Crippen LogP contribution is -2.32. The average Bonchev–Trinajstić information content (AvgIpc) is 2.77. The van der Waals surface area contributed by atoms with Gasteiger partial charge in [-0.1, -0.05) is 11.6 Å². The van der Waals surface area contributed by atoms with Crippen LogP contribution in [0.1, 0.15) is 23.0 Å². The van der Waals surface area contributed by atoms with Crippen LogP contribution in [0.15, 0.2) is 28.7 Å². The highest BCUT2D eigenvalue weighted by Crippen LogP contribution is 2.21. The fourth-order valence-corrected chi connectivity index (χ4v) is 2.13. The Morgan fingerprint density at radius 1 is 1.39 bits per heavy atom. The fourth-order valence-electron chi connectivity index (χ4n) is 1.93. The molecule has 18 heavy (non-hydrogen) atoms. The molecular formula is C14H16ClNO2. The summed E-state index contributed by atoms with van der Waals surface area (Å²) in [5.74, 6) is 0.702. The Bertz CT molecular complexity index is 562. The van der Waals surface area contributed by atoms with Crippen molar-refractivity contribution in [1.82, 2.24) is 4.90 Å². The zero-order valence-corrected chi connectivity index (χ0v) is 11.3. The first-order valence-electron chi connectivity index (χ1n) is 6.01. The molecule has 1 heterocycles. The molecule has 2 rings (SSSR count). The minimum Gasteiger partial charge on any atom is -0.451 e. The summed E-state index contributed by atoms with van der Waals surface area (Å²) >= 11 is 5.68. The summed E-state index contributed by atoms with van der Waals surface area (Å²) in [5, 5.41) is 0.959. The first-order valence-corrected chi connectivity index (χ1v) is 6.54. The Labute approximate surface area is 111 Å². The van der Waals surface area contributed by atoms with Crippen molar-refractivity contribution in [2.24, 2.45) is 0 Å². The quantitative estimate of drug-likeness (QED) is 0.794. The van der Waals surface area contributed by atoms with Gasteiger partial charge in [0.15, 0.2) is 5.76 Å². The van der Waals surface area contributed by atoms with Crippen molar-refractivity contribution in [3.63, 3.8) is 0 Å². The van der Waals surface area contributed by atoms with Crippen molar-refractivity contribution in [2.45, 2.75) is 13.8 Å². The standard InChI is InChI=1S/C14H16ClNO2/c1-3-16(7-6-15)14(17)13-9-11-8-10(2)4-5-12(11)18-13/h4-5,8-9H,3,6-7H2,1-2H3. The summed E-state index contributed by atoms with van der Waals surface area (Å²) in [6.07, 6.45) is 0. The van der Waals surface area contributed by atoms with Crippen LogP contribution in [0.2, 0.25) is 0 Å². The van der Waals surface area contributed by atoms with E-state index in [-0.39, 0.29) is 5.91 Å². The Hall–Kier alpha value is -1.48. The number of carbonyl (C=O) groups is 1. The lowest BCUT2D eigenvalue weighted by molar-refractivity contribution is 0.0744. The van der Waals surface area contributed by atoms with Crippen molar-refractivity contribution >= 4 is 28.5 Å². The normalized spacial score (nSPS) is 10.8. The third-order valence-electron chi connectivity index (χ3n) is 2.91. The molecule has 0 saturated heterocycles. The largest absolute Gasteiger partial charge is 0.451 e. The number of fused-ring (bicyclic) bond motifs is 1. The molecule has 0 aliphatic carbocycles. The van der Waals surface area contributed by atoms with Gasteiger partial charge in [0.2, 0.25) is 0 Å². The van der Waals surface area contributed by atoms with Crippen LogP contribution >= 0.6 is 11.6 Å². The number of hydrogen-bond donors (Lipinski definition) is 0. The van der Waals surface area contributed by atoms with E-state index in [0.717, 1.165) is 16.5 Å². The number of halogens is 1. The molecule has 0 aliphatic heterocycles. The van der Waals surface area contributed by atoms with Crippen LogP contribution in [0.25, 0.3) is 11.0 Å². The van der Waals surface area contributed by atoms with E-state index < -0.39 is 0 Å². The fraction of sp³-hybridized carbons (Fsp3) is 0.357. The second kappa shape index (κ2) is 5.44. The molecule has 0 radical (unpaired) electrons. The highest BCUT2D eigenvalue weighted by Gasteiger charge is 2.18. The molecule has 0 saturated carbocycles. The summed E-state index contributed by atoms with van der Waals surface area (Å²) < 4.78 is 5.58. The smallest absolute Gasteiger partial charge is 0.289 e. The van der Waals surface area contributed by atoms with E-state index in [1.807, 2.05) is 32.0 Å². The zero-order chi connectivity index (χ0) is 13.1. The van der Waals surface area contributed by atoms with E-state index in [4.69, 9.17) is 16.0 Å². The van der Waals surface area contributed by atoms with E-state index in [9.17, 15) is 4.79 Å². The molecule has 0 atom stereocenters. The van der Waals surface area contributed by atoms with Crippen LogP contribution in [0.4, 0.5) is 0 Å². The van der Waals surface area contributed by atoms with Crippen LogP contribution in [0, 0.1) is 6.92 Å². The first-order chi connectivity index (χ1) is 8.65. The predicted octanol–water partition coefficient (Wildman–Crippen LogP) is 3.44. The number of furan rings is 1. The van der Waals surface area contributed by atoms with E-state index in [1.165, 1.54) is 0 Å². The summed E-state index contributed by atoms with van der Waals surface area (Å²) in [4.78, 5) is 13.9. The Morgan fingerprint density at radius 2 is 2.17 bits per heavy atom. The van der Waals surface area contributed by atoms with Crippen molar-refractivity contribution in [2.75, 3.05) is 19.0 Å². The minimum absolute atomic E-state index is 0.105. The van der Waals surface area contributed by atoms with Gasteiger partial charge in [-0.05, 0) is 32.0 Å². The third kappa shape index (κ3) is 2.51. The summed E-state index contributed by atoms with van der Waals surface area (Å²) in [6.45, 7) is 5.10. The lowest BCUT2D eigenvalue weighted by atomic mass is 10.2. The van der Waals surface area contributed by atoms with Gasteiger partial charge in [-0.2, -0.15) is 0 Å². The molecule has 1 aromatic heterocycles. The number of amides is 1. The van der Waals surface area contributed by atoms with Gasteiger partial charge in [0.1, 0.15) is 5.58 Å². The highest BCUT2D eigenvalue weighted by molar-refractivity contribution is 6.18. The first kappa shape index (κ1) is 13.0. The highest BCUT2D eigenvalue weighted by atomic mass is 35.5. The maximum absolute atomic E-state index is 12.2. The van der Waals surface area contributed by atoms with Crippen molar-refractivity contribution in [3.8, 4) is 0 Å². The molecule has 0 spiro atoms. The minimum atomic E-state index is -0.105. The SMILES string of the molecule is CCN(CCCl)C(=O)c1cc2cc(C)ccc2o1. The van der Waals surface area contributed by atoms with E-state index in [1.54, 1.807) is 11.0 Å². The zero-order valence-electron chi connectivity index (χ0n) is 10.6. The topological polar surface area (TPSA) is 33.5 Å². The van der Waals surface area contributed by atoms with Gasteiger partial charge in [-0.3, -0.25) is 4.79 Å². The van der Waals surface area contributed by atoms with Crippen LogP contribution in [-0.2, 0) is 0 Å². The number of aryl methyl sites for hydroxylation is 1. The van der Waals surface area contributed by atoms with Crippen LogP contribution in [0.5, 0.6) is 0 Å². The van der Waals surface area contributed by atoms with E-state index in [2.05, 4.69) is 0 Å². The van der Waals surface area contributed by atoms with Gasteiger partial charge in [0.25, 0.3) is 5.91 Å². The molecule has 96 valence electrons. The second-order valence-corrected chi connectivity index (χ2v) is 4.60. The number of alkyl halides is 1. The number of hydrogen-bond acceptors (Lipinski definition) is 2. The van der Waals surface area contributed by atoms with Crippen molar-refractivity contribution in [3.05, 3.63) is 35.6 Å². The Morgan fingerprint density at radius 3 is 2.83 bits per heavy atom. The lowest BCUT2D eigenvalue weighted by Gasteiger charge is -2.17. The van der Waals surface area contributed by atoms with Gasteiger partial charge >= 0.3 is 0 Å². The molecule has 0 N–H and O–H groups in total. The second-order valence-electron chi connectivity index (χ2n) is 4.23. The Balaban J connectivity index is 2.32. The van der Waals surface area contributed by atoms with Crippen LogP contribution in [-0.4, -0.2) is 29.8 Å². The molecule has 1 aromatic carbocycles. The number of nitrogens with zero attached hydrogens (tertiary/aromatic N) is 1. The maximum Gasteiger partial charge on any atom is 0.289 e. The van der Waals surface area contributed by atoms with Crippen molar-refractivity contribution in [1.29, 1.82) is 0 Å². The molecule has 4 heteroatoms. The molecule has 2 aromatic rings. The number of benzene rings is 1. The third-order valence-corrected chi connectivity index (χ3v) is 3.07. The van der Waals surface area contributed by atoms with Crippen LogP contribution in [0.3, 0.4) is 0 Å². The molecule has 0 bridgehead atoms. The van der Waals surface area contributed by atoms with E-state index >= 15 is 0 Å². The molecule has 0 unspecified atom stereocenters. The van der Waals surface area contributed by atoms with Gasteiger partial charge in [0.05, 0.1) is 0 Å². The monoisotopic (exact) mass is 265 g/mol. The van der Waals surface area contributed by atoms with Gasteiger partial charge in [-0.15, -0.1) is 11.6 Å². The molecule has 0 aliphatic rings. The molecule has 1 amide bonds. The summed E-state index contributed by atoms with van der Waals surface area (Å²) in [6, 6.07) is 7.66. The summed E-state index contributed by atoms with van der Waals surface area (Å²) in [5.41, 5.74) is 1.89. The number of rotatable bonds is 4. The predicted molar refractivity (Wildman–Crippen MR) is 73.2 cm³/mol. The average molecular weight is 266 g/mol. The molecular weight excluding hydrogens is 250 g/mol. The summed E-state index contributed by atoms with van der Waals surface area (Å²) in [7, 11) is 0. The molecule has 3 nitrogen and oxygen atoms in total. The van der Waals surface area contributed by atoms with Crippen molar-refractivity contribution < 1.29 is 9.21 Å². The van der Waals surface area contributed by atoms with E-state index in [0.29, 0.717) is 24.7 Å². The number of carbonyl (C=O) groups excluding carboxylic acids is 1. The Kier molecular flexibility index (Phi) is 3.92. The maximum atomic E-state index is 12.2. The van der Waals surface area contributed by atoms with Gasteiger partial charge in [0, 0.05) is 24.4 Å². The van der Waals surface area contributed by atoms with Crippen LogP contribution < -0.4 is 0 Å².